The van der Waals surface area contributed by atoms with Crippen LogP contribution in [-0.4, -0.2) is 49.1 Å². The summed E-state index contributed by atoms with van der Waals surface area (Å²) < 4.78 is 8.31. The van der Waals surface area contributed by atoms with E-state index in [1.807, 2.05) is 24.3 Å². The molecule has 2 fully saturated rings. The Balaban J connectivity index is 1.11. The Labute approximate surface area is 217 Å². The number of likely N-dealkylation sites (tertiary alicyclic amines) is 1. The molecule has 8 heteroatoms. The summed E-state index contributed by atoms with van der Waals surface area (Å²) >= 11 is 11.3. The van der Waals surface area contributed by atoms with Crippen molar-refractivity contribution >= 4 is 54.9 Å². The van der Waals surface area contributed by atoms with Crippen LogP contribution in [0.1, 0.15) is 40.9 Å². The third-order valence-corrected chi connectivity index (χ3v) is 8.58. The van der Waals surface area contributed by atoms with Gasteiger partial charge in [0.1, 0.15) is 11.9 Å². The van der Waals surface area contributed by atoms with Crippen molar-refractivity contribution in [3.05, 3.63) is 62.4 Å². The number of hydrogen-bond donors (Lipinski definition) is 2. The molecule has 3 heterocycles. The van der Waals surface area contributed by atoms with E-state index in [9.17, 15) is 4.79 Å². The lowest BCUT2D eigenvalue weighted by Gasteiger charge is -2.32. The molecule has 1 aromatic heterocycles. The van der Waals surface area contributed by atoms with Gasteiger partial charge < -0.3 is 15.4 Å². The lowest BCUT2D eigenvalue weighted by Crippen LogP contribution is -2.44. The highest BCUT2D eigenvalue weighted by Crippen LogP contribution is 2.30. The molecule has 2 aliphatic rings. The smallest absolute Gasteiger partial charge is 0.261 e. The Morgan fingerprint density at radius 1 is 1.12 bits per heavy atom. The molecule has 0 spiro atoms. The Morgan fingerprint density at radius 3 is 2.68 bits per heavy atom. The van der Waals surface area contributed by atoms with E-state index in [2.05, 4.69) is 49.7 Å². The van der Waals surface area contributed by atoms with E-state index >= 15 is 0 Å². The molecule has 2 saturated heterocycles. The normalized spacial score (nSPS) is 18.3. The maximum atomic E-state index is 12.8. The van der Waals surface area contributed by atoms with Gasteiger partial charge in [0.2, 0.25) is 0 Å². The number of amides is 1. The molecule has 34 heavy (non-hydrogen) atoms. The van der Waals surface area contributed by atoms with Crippen LogP contribution in [0.5, 0.6) is 5.75 Å². The number of nitrogens with one attached hydrogen (secondary N) is 2. The third kappa shape index (κ3) is 5.94. The summed E-state index contributed by atoms with van der Waals surface area (Å²) in [7, 11) is 0. The molecule has 5 nitrogen and oxygen atoms in total. The van der Waals surface area contributed by atoms with Gasteiger partial charge in [0.15, 0.2) is 0 Å². The van der Waals surface area contributed by atoms with Crippen molar-refractivity contribution in [2.75, 3.05) is 26.2 Å². The van der Waals surface area contributed by atoms with E-state index < -0.39 is 0 Å². The number of carbonyl (C=O) groups is 1. The van der Waals surface area contributed by atoms with Crippen LogP contribution in [0.15, 0.2) is 46.9 Å². The third-order valence-electron chi connectivity index (χ3n) is 6.61. The number of piperidine rings is 2. The summed E-state index contributed by atoms with van der Waals surface area (Å²) in [5.74, 6) is 0.949. The molecule has 3 aromatic rings. The van der Waals surface area contributed by atoms with E-state index in [1.54, 1.807) is 0 Å². The average Bonchev–Trinajstić information content (AvgIpc) is 3.26. The van der Waals surface area contributed by atoms with Gasteiger partial charge in [-0.05, 0) is 102 Å². The van der Waals surface area contributed by atoms with Gasteiger partial charge in [0, 0.05) is 35.4 Å². The Bertz CT molecular complexity index is 1160. The monoisotopic (exact) mass is 561 g/mol. The van der Waals surface area contributed by atoms with Crippen LogP contribution < -0.4 is 15.4 Å². The van der Waals surface area contributed by atoms with Crippen LogP contribution in [0, 0.1) is 0 Å². The van der Waals surface area contributed by atoms with Crippen LogP contribution >= 0.6 is 38.9 Å². The zero-order chi connectivity index (χ0) is 23.5. The number of carbonyl (C=O) groups excluding carboxylic acids is 1. The maximum absolute atomic E-state index is 12.8. The molecule has 0 aliphatic carbocycles. The van der Waals surface area contributed by atoms with E-state index in [0.29, 0.717) is 11.1 Å². The molecule has 0 bridgehead atoms. The quantitative estimate of drug-likeness (QED) is 0.396. The summed E-state index contributed by atoms with van der Waals surface area (Å²) in [6, 6.07) is 14.3. The van der Waals surface area contributed by atoms with Gasteiger partial charge in [-0.3, -0.25) is 9.69 Å². The topological polar surface area (TPSA) is 53.6 Å². The number of fused-ring (bicyclic) bond motifs is 1. The van der Waals surface area contributed by atoms with Crippen LogP contribution in [-0.2, 0) is 6.54 Å². The zero-order valence-electron chi connectivity index (χ0n) is 19.0. The van der Waals surface area contributed by atoms with Crippen molar-refractivity contribution in [1.82, 2.24) is 15.5 Å². The van der Waals surface area contributed by atoms with Gasteiger partial charge in [-0.15, -0.1) is 11.3 Å². The first-order chi connectivity index (χ1) is 16.5. The van der Waals surface area contributed by atoms with Crippen LogP contribution in [0.25, 0.3) is 10.1 Å². The van der Waals surface area contributed by atoms with Crippen LogP contribution in [0.3, 0.4) is 0 Å². The average molecular weight is 563 g/mol. The molecule has 5 rings (SSSR count). The molecule has 180 valence electrons. The van der Waals surface area contributed by atoms with Gasteiger partial charge in [-0.1, -0.05) is 17.7 Å². The second-order valence-corrected chi connectivity index (χ2v) is 11.5. The van der Waals surface area contributed by atoms with Gasteiger partial charge in [-0.25, -0.2) is 0 Å². The standard InChI is InChI=1S/C26H29BrClN3O2S/c27-22-13-17(1-3-23(22)33-21-5-9-29-10-6-21)16-31-11-7-20(8-12-31)30-26(32)25-15-18-14-19(28)2-4-24(18)34-25/h1-4,13-15,20-21,29H,5-12,16H2,(H,30,32). The van der Waals surface area contributed by atoms with Gasteiger partial charge in [0.25, 0.3) is 5.91 Å². The Kier molecular flexibility index (Phi) is 7.76. The fourth-order valence-corrected chi connectivity index (χ4v) is 6.35. The number of thiophene rings is 1. The van der Waals surface area contributed by atoms with Crippen LogP contribution in [0.2, 0.25) is 5.02 Å². The van der Waals surface area contributed by atoms with Crippen molar-refractivity contribution in [2.24, 2.45) is 0 Å². The minimum absolute atomic E-state index is 0.0176. The Hall–Kier alpha value is -1.64. The molecular weight excluding hydrogens is 534 g/mol. The highest BCUT2D eigenvalue weighted by Gasteiger charge is 2.22. The fourth-order valence-electron chi connectivity index (χ4n) is 4.71. The molecule has 0 atom stereocenters. The number of nitrogens with zero attached hydrogens (tertiary/aromatic N) is 1. The van der Waals surface area contributed by atoms with E-state index in [1.165, 1.54) is 16.9 Å². The predicted molar refractivity (Wildman–Crippen MR) is 143 cm³/mol. The summed E-state index contributed by atoms with van der Waals surface area (Å²) in [6.07, 6.45) is 4.32. The Morgan fingerprint density at radius 2 is 1.91 bits per heavy atom. The zero-order valence-corrected chi connectivity index (χ0v) is 22.1. The highest BCUT2D eigenvalue weighted by atomic mass is 79.9. The molecule has 2 N–H and O–H groups in total. The molecule has 1 amide bonds. The SMILES string of the molecule is O=C(NC1CCN(Cc2ccc(OC3CCNCC3)c(Br)c2)CC1)c1cc2cc(Cl)ccc2s1. The first kappa shape index (κ1) is 24.1. The molecule has 2 aliphatic heterocycles. The lowest BCUT2D eigenvalue weighted by molar-refractivity contribution is 0.0913. The predicted octanol–water partition coefficient (Wildman–Crippen LogP) is 5.84. The number of rotatable bonds is 6. The first-order valence-electron chi connectivity index (χ1n) is 11.9. The fraction of sp³-hybridized carbons (Fsp3) is 0.423. The number of benzene rings is 2. The van der Waals surface area contributed by atoms with Gasteiger partial charge in [-0.2, -0.15) is 0 Å². The second kappa shape index (κ2) is 11.0. The maximum Gasteiger partial charge on any atom is 0.261 e. The molecule has 0 saturated carbocycles. The minimum Gasteiger partial charge on any atom is -0.489 e. The first-order valence-corrected chi connectivity index (χ1v) is 13.9. The van der Waals surface area contributed by atoms with E-state index in [-0.39, 0.29) is 11.9 Å². The number of halogens is 2. The van der Waals surface area contributed by atoms with Crippen molar-refractivity contribution < 1.29 is 9.53 Å². The molecular formula is C26H29BrClN3O2S. The van der Waals surface area contributed by atoms with Gasteiger partial charge in [0.05, 0.1) is 9.35 Å². The lowest BCUT2D eigenvalue weighted by atomic mass is 10.0. The van der Waals surface area contributed by atoms with Crippen molar-refractivity contribution in [2.45, 2.75) is 44.4 Å². The van der Waals surface area contributed by atoms with E-state index in [4.69, 9.17) is 16.3 Å². The van der Waals surface area contributed by atoms with Crippen molar-refractivity contribution in [3.63, 3.8) is 0 Å². The molecule has 0 unspecified atom stereocenters. The molecule has 0 radical (unpaired) electrons. The second-order valence-electron chi connectivity index (χ2n) is 9.15. The minimum atomic E-state index is 0.0176. The van der Waals surface area contributed by atoms with Gasteiger partial charge >= 0.3 is 0 Å². The number of ether oxygens (including phenoxy) is 1. The number of hydrogen-bond acceptors (Lipinski definition) is 5. The van der Waals surface area contributed by atoms with Crippen LogP contribution in [0.4, 0.5) is 0 Å². The van der Waals surface area contributed by atoms with Crippen molar-refractivity contribution in [3.8, 4) is 5.75 Å². The summed E-state index contributed by atoms with van der Waals surface area (Å²) in [5, 5.41) is 8.33. The summed E-state index contributed by atoms with van der Waals surface area (Å²) in [4.78, 5) is 16.0. The largest absolute Gasteiger partial charge is 0.489 e. The van der Waals surface area contributed by atoms with Crippen molar-refractivity contribution in [1.29, 1.82) is 0 Å². The highest BCUT2D eigenvalue weighted by molar-refractivity contribution is 9.10. The van der Waals surface area contributed by atoms with E-state index in [0.717, 1.165) is 83.6 Å². The molecule has 2 aromatic carbocycles. The summed E-state index contributed by atoms with van der Waals surface area (Å²) in [6.45, 7) is 4.89. The summed E-state index contributed by atoms with van der Waals surface area (Å²) in [5.41, 5.74) is 1.27.